The normalized spacial score (nSPS) is 12.0. The topological polar surface area (TPSA) is 35.4 Å². The van der Waals surface area contributed by atoms with Gasteiger partial charge in [-0.3, -0.25) is 0 Å². The second-order valence-corrected chi connectivity index (χ2v) is 1.58. The van der Waals surface area contributed by atoms with Crippen molar-refractivity contribution >= 4 is 5.71 Å². The van der Waals surface area contributed by atoms with Crippen molar-refractivity contribution < 1.29 is 0 Å². The van der Waals surface area contributed by atoms with E-state index < -0.39 is 0 Å². The van der Waals surface area contributed by atoms with Crippen LogP contribution in [0, 0.1) is 5.21 Å². The first kappa shape index (κ1) is 6.47. The molecule has 0 saturated carbocycles. The lowest BCUT2D eigenvalue weighted by molar-refractivity contribution is 0.988. The summed E-state index contributed by atoms with van der Waals surface area (Å²) in [4.78, 5) is 0. The highest BCUT2D eigenvalue weighted by Crippen LogP contribution is 1.88. The van der Waals surface area contributed by atoms with E-state index >= 15 is 0 Å². The summed E-state index contributed by atoms with van der Waals surface area (Å²) >= 11 is 0. The molecule has 0 bridgehead atoms. The van der Waals surface area contributed by atoms with E-state index in [4.69, 9.17) is 0 Å². The fourth-order valence-electron chi connectivity index (χ4n) is 0.407. The maximum atomic E-state index is 9.61. The van der Waals surface area contributed by atoms with Gasteiger partial charge in [0.2, 0.25) is 0 Å². The molecule has 0 N–H and O–H groups in total. The van der Waals surface area contributed by atoms with Gasteiger partial charge in [0.15, 0.2) is 0 Å². The lowest BCUT2D eigenvalue weighted by Crippen LogP contribution is -1.86. The Bertz CT molecular complexity index is 68.5. The zero-order chi connectivity index (χ0) is 5.70. The summed E-state index contributed by atoms with van der Waals surface area (Å²) in [6.45, 7) is 3.77. The van der Waals surface area contributed by atoms with E-state index in [1.165, 1.54) is 0 Å². The summed E-state index contributed by atoms with van der Waals surface area (Å²) in [7, 11) is 0. The van der Waals surface area contributed by atoms with Crippen molar-refractivity contribution in [3.63, 3.8) is 0 Å². The van der Waals surface area contributed by atoms with Crippen LogP contribution in [0.15, 0.2) is 5.16 Å². The SMILES string of the molecule is CCCC(C)=N[O-]. The van der Waals surface area contributed by atoms with E-state index in [2.05, 4.69) is 5.16 Å². The highest BCUT2D eigenvalue weighted by molar-refractivity contribution is 5.81. The van der Waals surface area contributed by atoms with Crippen LogP contribution in [0.2, 0.25) is 0 Å². The van der Waals surface area contributed by atoms with Crippen molar-refractivity contribution in [1.29, 1.82) is 0 Å². The maximum absolute atomic E-state index is 9.61. The highest BCUT2D eigenvalue weighted by Gasteiger charge is 1.80. The van der Waals surface area contributed by atoms with Gasteiger partial charge in [0, 0.05) is 5.71 Å². The van der Waals surface area contributed by atoms with Gasteiger partial charge in [-0.1, -0.05) is 13.3 Å². The summed E-state index contributed by atoms with van der Waals surface area (Å²) in [6.07, 6.45) is 1.85. The van der Waals surface area contributed by atoms with Crippen LogP contribution in [0.4, 0.5) is 0 Å². The van der Waals surface area contributed by atoms with Crippen LogP contribution in [0.25, 0.3) is 0 Å². The maximum Gasteiger partial charge on any atom is 0.00375 e. The van der Waals surface area contributed by atoms with Gasteiger partial charge < -0.3 is 10.4 Å². The van der Waals surface area contributed by atoms with Gasteiger partial charge in [-0.15, -0.1) is 0 Å². The van der Waals surface area contributed by atoms with Crippen LogP contribution in [0.1, 0.15) is 26.7 Å². The summed E-state index contributed by atoms with van der Waals surface area (Å²) in [5, 5.41) is 12.4. The van der Waals surface area contributed by atoms with Crippen molar-refractivity contribution in [1.82, 2.24) is 0 Å². The number of hydrogen-bond acceptors (Lipinski definition) is 2. The van der Waals surface area contributed by atoms with Gasteiger partial charge in [0.05, 0.1) is 0 Å². The Hall–Kier alpha value is -0.530. The lowest BCUT2D eigenvalue weighted by atomic mass is 10.2. The molecule has 0 aliphatic carbocycles. The predicted molar refractivity (Wildman–Crippen MR) is 31.4 cm³/mol. The molecule has 2 nitrogen and oxygen atoms in total. The average molecular weight is 100 g/mol. The first-order valence-electron chi connectivity index (χ1n) is 2.47. The molecule has 0 unspecified atom stereocenters. The minimum absolute atomic E-state index is 0.697. The third-order valence-corrected chi connectivity index (χ3v) is 0.768. The molecule has 42 valence electrons. The summed E-state index contributed by atoms with van der Waals surface area (Å²) in [5.41, 5.74) is 0.697. The van der Waals surface area contributed by atoms with Crippen LogP contribution in [-0.4, -0.2) is 5.71 Å². The number of hydrogen-bond donors (Lipinski definition) is 0. The van der Waals surface area contributed by atoms with Crippen LogP contribution in [-0.2, 0) is 0 Å². The molecular weight excluding hydrogens is 90.1 g/mol. The Morgan fingerprint density at radius 1 is 1.71 bits per heavy atom. The van der Waals surface area contributed by atoms with Crippen LogP contribution < -0.4 is 0 Å². The Labute approximate surface area is 43.8 Å². The van der Waals surface area contributed by atoms with Crippen molar-refractivity contribution in [2.24, 2.45) is 5.16 Å². The molecule has 0 aliphatic rings. The molecule has 0 atom stereocenters. The van der Waals surface area contributed by atoms with Crippen LogP contribution in [0.3, 0.4) is 0 Å². The van der Waals surface area contributed by atoms with E-state index in [1.54, 1.807) is 6.92 Å². The van der Waals surface area contributed by atoms with Crippen molar-refractivity contribution in [2.45, 2.75) is 26.7 Å². The van der Waals surface area contributed by atoms with Crippen molar-refractivity contribution in [3.8, 4) is 0 Å². The van der Waals surface area contributed by atoms with Gasteiger partial charge >= 0.3 is 0 Å². The van der Waals surface area contributed by atoms with E-state index in [0.717, 1.165) is 12.8 Å². The summed E-state index contributed by atoms with van der Waals surface area (Å²) < 4.78 is 0. The third-order valence-electron chi connectivity index (χ3n) is 0.768. The second kappa shape index (κ2) is 3.65. The molecule has 0 aliphatic heterocycles. The Morgan fingerprint density at radius 2 is 2.29 bits per heavy atom. The van der Waals surface area contributed by atoms with Crippen molar-refractivity contribution in [3.05, 3.63) is 5.21 Å². The highest BCUT2D eigenvalue weighted by atomic mass is 16.4. The minimum Gasteiger partial charge on any atom is -0.792 e. The summed E-state index contributed by atoms with van der Waals surface area (Å²) in [6, 6.07) is 0. The Morgan fingerprint density at radius 3 is 2.43 bits per heavy atom. The van der Waals surface area contributed by atoms with Gasteiger partial charge in [0.25, 0.3) is 0 Å². The molecule has 2 heteroatoms. The first-order chi connectivity index (χ1) is 3.31. The van der Waals surface area contributed by atoms with Gasteiger partial charge in [-0.25, -0.2) is 0 Å². The Balaban J connectivity index is 3.17. The predicted octanol–water partition coefficient (Wildman–Crippen LogP) is 1.75. The first-order valence-corrected chi connectivity index (χ1v) is 2.47. The molecule has 0 saturated heterocycles. The molecule has 0 radical (unpaired) electrons. The quantitative estimate of drug-likeness (QED) is 0.384. The molecule has 0 aromatic carbocycles. The van der Waals surface area contributed by atoms with E-state index in [0.29, 0.717) is 5.71 Å². The van der Waals surface area contributed by atoms with E-state index in [-0.39, 0.29) is 0 Å². The lowest BCUT2D eigenvalue weighted by Gasteiger charge is -1.96. The van der Waals surface area contributed by atoms with Crippen LogP contribution in [0.5, 0.6) is 0 Å². The number of nitrogens with zero attached hydrogens (tertiary/aromatic N) is 1. The Kier molecular flexibility index (Phi) is 3.38. The van der Waals surface area contributed by atoms with Gasteiger partial charge in [0.1, 0.15) is 0 Å². The molecule has 0 aromatic heterocycles. The zero-order valence-electron chi connectivity index (χ0n) is 4.77. The third kappa shape index (κ3) is 3.30. The molecule has 0 spiro atoms. The summed E-state index contributed by atoms with van der Waals surface area (Å²) in [5.74, 6) is 0. The monoisotopic (exact) mass is 100 g/mol. The minimum atomic E-state index is 0.697. The smallest absolute Gasteiger partial charge is 0.00375 e. The van der Waals surface area contributed by atoms with E-state index in [9.17, 15) is 5.21 Å². The zero-order valence-corrected chi connectivity index (χ0v) is 4.77. The fraction of sp³-hybridized carbons (Fsp3) is 0.800. The number of rotatable bonds is 2. The van der Waals surface area contributed by atoms with Crippen molar-refractivity contribution in [2.75, 3.05) is 0 Å². The standard InChI is InChI=1S/C5H11NO/c1-3-4-5(2)6-7/h7H,3-4H2,1-2H3/p-1. The fourth-order valence-corrected chi connectivity index (χ4v) is 0.407. The van der Waals surface area contributed by atoms with Gasteiger partial charge in [-0.2, -0.15) is 0 Å². The molecule has 0 heterocycles. The molecule has 0 rings (SSSR count). The van der Waals surface area contributed by atoms with Crippen LogP contribution >= 0.6 is 0 Å². The molecule has 7 heavy (non-hydrogen) atoms. The molecule has 0 aromatic rings. The molecule has 0 amide bonds. The largest absolute Gasteiger partial charge is 0.792 e. The molecular formula is C5H10NO-. The molecule has 0 fully saturated rings. The second-order valence-electron chi connectivity index (χ2n) is 1.58. The average Bonchev–Trinajstić information content (AvgIpc) is 1.68. The van der Waals surface area contributed by atoms with E-state index in [1.807, 2.05) is 6.92 Å². The van der Waals surface area contributed by atoms with Gasteiger partial charge in [-0.05, 0) is 13.3 Å².